The van der Waals surface area contributed by atoms with Gasteiger partial charge in [-0.25, -0.2) is 8.42 Å². The van der Waals surface area contributed by atoms with E-state index in [4.69, 9.17) is 0 Å². The molecule has 0 saturated carbocycles. The number of halogens is 1. The van der Waals surface area contributed by atoms with E-state index in [9.17, 15) is 13.2 Å². The first-order valence-corrected chi connectivity index (χ1v) is 12.6. The van der Waals surface area contributed by atoms with Crippen LogP contribution in [0.1, 0.15) is 57.9 Å². The van der Waals surface area contributed by atoms with Crippen molar-refractivity contribution >= 4 is 44.2 Å². The maximum atomic E-state index is 12.2. The van der Waals surface area contributed by atoms with Crippen molar-refractivity contribution in [3.63, 3.8) is 0 Å². The third-order valence-corrected chi connectivity index (χ3v) is 6.58. The number of anilines is 1. The number of carbonyl (C=O) groups is 1. The highest BCUT2D eigenvalue weighted by molar-refractivity contribution is 14.1. The summed E-state index contributed by atoms with van der Waals surface area (Å²) >= 11 is 2.21. The van der Waals surface area contributed by atoms with Gasteiger partial charge >= 0.3 is 0 Å². The average Bonchev–Trinajstić information content (AvgIpc) is 2.59. The molecular weight excluding hydrogens is 475 g/mol. The fourth-order valence-electron chi connectivity index (χ4n) is 3.04. The van der Waals surface area contributed by atoms with Gasteiger partial charge in [-0.1, -0.05) is 33.1 Å². The van der Waals surface area contributed by atoms with E-state index in [1.165, 1.54) is 23.4 Å². The highest BCUT2D eigenvalue weighted by Crippen LogP contribution is 2.24. The number of unbranched alkanes of at least 4 members (excludes halogenated alkanes) is 1. The fourth-order valence-corrected chi connectivity index (χ4v) is 4.71. The Balaban J connectivity index is 2.58. The van der Waals surface area contributed by atoms with Crippen LogP contribution in [-0.4, -0.2) is 33.7 Å². The van der Waals surface area contributed by atoms with Gasteiger partial charge in [0.15, 0.2) is 0 Å². The van der Waals surface area contributed by atoms with E-state index in [0.29, 0.717) is 37.5 Å². The number of sulfonamides is 1. The average molecular weight is 508 g/mol. The second-order valence-electron chi connectivity index (χ2n) is 7.09. The predicted octanol–water partition coefficient (Wildman–Crippen LogP) is 4.48. The molecule has 7 heteroatoms. The Kier molecular flexibility index (Phi) is 10.7. The normalized spacial score (nSPS) is 12.6. The van der Waals surface area contributed by atoms with Crippen LogP contribution in [0.15, 0.2) is 18.2 Å². The van der Waals surface area contributed by atoms with Crippen LogP contribution in [0.2, 0.25) is 0 Å². The minimum absolute atomic E-state index is 0.00210. The lowest BCUT2D eigenvalue weighted by atomic mass is 9.99. The Labute approximate surface area is 178 Å². The van der Waals surface area contributed by atoms with Crippen LogP contribution in [0.4, 0.5) is 5.69 Å². The maximum absolute atomic E-state index is 12.2. The molecule has 5 nitrogen and oxygen atoms in total. The Bertz CT molecular complexity index is 707. The molecule has 1 rings (SSSR count). The van der Waals surface area contributed by atoms with Crippen LogP contribution in [0.5, 0.6) is 0 Å². The zero-order chi connectivity index (χ0) is 20.4. The van der Waals surface area contributed by atoms with E-state index >= 15 is 0 Å². The summed E-state index contributed by atoms with van der Waals surface area (Å²) in [5.74, 6) is 0.522. The topological polar surface area (TPSA) is 66.5 Å². The molecule has 0 heterocycles. The zero-order valence-electron chi connectivity index (χ0n) is 16.9. The summed E-state index contributed by atoms with van der Waals surface area (Å²) < 4.78 is 26.9. The van der Waals surface area contributed by atoms with Crippen molar-refractivity contribution in [3.05, 3.63) is 27.3 Å². The quantitative estimate of drug-likeness (QED) is 0.424. The number of amides is 1. The van der Waals surface area contributed by atoms with Gasteiger partial charge in [-0.05, 0) is 72.0 Å². The number of aryl methyl sites for hydroxylation is 1. The van der Waals surface area contributed by atoms with Crippen molar-refractivity contribution in [2.45, 2.75) is 59.3 Å². The van der Waals surface area contributed by atoms with E-state index in [0.717, 1.165) is 22.0 Å². The van der Waals surface area contributed by atoms with Gasteiger partial charge in [0, 0.05) is 23.1 Å². The largest absolute Gasteiger partial charge is 0.356 e. The molecule has 0 saturated heterocycles. The second-order valence-corrected chi connectivity index (χ2v) is 10.2. The number of hydrogen-bond acceptors (Lipinski definition) is 3. The smallest absolute Gasteiger partial charge is 0.232 e. The summed E-state index contributed by atoms with van der Waals surface area (Å²) in [7, 11) is -3.39. The van der Waals surface area contributed by atoms with Crippen molar-refractivity contribution in [2.24, 2.45) is 5.92 Å². The Morgan fingerprint density at radius 2 is 1.96 bits per heavy atom. The molecule has 0 bridgehead atoms. The van der Waals surface area contributed by atoms with Gasteiger partial charge < -0.3 is 5.32 Å². The molecule has 0 aliphatic carbocycles. The molecule has 0 aromatic heterocycles. The number of rotatable bonds is 12. The standard InChI is InChI=1S/C20H33IN2O3S/c1-5-7-9-17(6-2)15-22-20(24)10-8-13-23(27(4,25)26)19-12-11-18(21)14-16(19)3/h11-12,14,17H,5-10,13,15H2,1-4H3,(H,22,24)/t17-/m0/s1. The van der Waals surface area contributed by atoms with Crippen molar-refractivity contribution in [3.8, 4) is 0 Å². The molecule has 27 heavy (non-hydrogen) atoms. The number of nitrogens with one attached hydrogen (secondary N) is 1. The van der Waals surface area contributed by atoms with Crippen LogP contribution in [0.25, 0.3) is 0 Å². The summed E-state index contributed by atoms with van der Waals surface area (Å²) in [5, 5.41) is 3.01. The first kappa shape index (κ1) is 24.2. The molecule has 1 atom stereocenters. The van der Waals surface area contributed by atoms with Gasteiger partial charge in [-0.15, -0.1) is 0 Å². The van der Waals surface area contributed by atoms with Gasteiger partial charge in [0.2, 0.25) is 15.9 Å². The van der Waals surface area contributed by atoms with Crippen LogP contribution < -0.4 is 9.62 Å². The SMILES string of the molecule is CCCC[C@H](CC)CNC(=O)CCCN(c1ccc(I)cc1C)S(C)(=O)=O. The van der Waals surface area contributed by atoms with Crippen LogP contribution in [0.3, 0.4) is 0 Å². The fraction of sp³-hybridized carbons (Fsp3) is 0.650. The van der Waals surface area contributed by atoms with E-state index < -0.39 is 10.0 Å². The first-order chi connectivity index (χ1) is 12.7. The molecule has 0 aliphatic heterocycles. The zero-order valence-corrected chi connectivity index (χ0v) is 19.9. The van der Waals surface area contributed by atoms with Crippen LogP contribution in [-0.2, 0) is 14.8 Å². The summed E-state index contributed by atoms with van der Waals surface area (Å²) in [5.41, 5.74) is 1.60. The Morgan fingerprint density at radius 3 is 2.52 bits per heavy atom. The van der Waals surface area contributed by atoms with Crippen molar-refractivity contribution in [2.75, 3.05) is 23.7 Å². The lowest BCUT2D eigenvalue weighted by Crippen LogP contribution is -2.33. The molecule has 0 aliphatic rings. The number of hydrogen-bond donors (Lipinski definition) is 1. The van der Waals surface area contributed by atoms with E-state index in [-0.39, 0.29) is 5.91 Å². The molecule has 0 radical (unpaired) electrons. The molecule has 1 amide bonds. The second kappa shape index (κ2) is 11.9. The molecule has 1 aromatic carbocycles. The predicted molar refractivity (Wildman–Crippen MR) is 122 cm³/mol. The van der Waals surface area contributed by atoms with Crippen LogP contribution >= 0.6 is 22.6 Å². The van der Waals surface area contributed by atoms with Crippen LogP contribution in [0, 0.1) is 16.4 Å². The highest BCUT2D eigenvalue weighted by Gasteiger charge is 2.19. The number of benzene rings is 1. The van der Waals surface area contributed by atoms with E-state index in [1.807, 2.05) is 25.1 Å². The molecular formula is C20H33IN2O3S. The van der Waals surface area contributed by atoms with E-state index in [2.05, 4.69) is 41.8 Å². The third kappa shape index (κ3) is 8.81. The lowest BCUT2D eigenvalue weighted by molar-refractivity contribution is -0.121. The van der Waals surface area contributed by atoms with Crippen molar-refractivity contribution in [1.29, 1.82) is 0 Å². The molecule has 0 spiro atoms. The van der Waals surface area contributed by atoms with Gasteiger partial charge in [0.05, 0.1) is 11.9 Å². The monoisotopic (exact) mass is 508 g/mol. The van der Waals surface area contributed by atoms with E-state index in [1.54, 1.807) is 0 Å². The van der Waals surface area contributed by atoms with Gasteiger partial charge in [0.1, 0.15) is 0 Å². The molecule has 0 unspecified atom stereocenters. The minimum atomic E-state index is -3.39. The number of carbonyl (C=O) groups excluding carboxylic acids is 1. The van der Waals surface area contributed by atoms with Crippen molar-refractivity contribution in [1.82, 2.24) is 5.32 Å². The minimum Gasteiger partial charge on any atom is -0.356 e. The molecule has 1 N–H and O–H groups in total. The summed E-state index contributed by atoms with van der Waals surface area (Å²) in [6.07, 6.45) is 6.60. The van der Waals surface area contributed by atoms with Crippen molar-refractivity contribution < 1.29 is 13.2 Å². The molecule has 1 aromatic rings. The number of nitrogens with zero attached hydrogens (tertiary/aromatic N) is 1. The Morgan fingerprint density at radius 1 is 1.26 bits per heavy atom. The highest BCUT2D eigenvalue weighted by atomic mass is 127. The first-order valence-electron chi connectivity index (χ1n) is 9.69. The lowest BCUT2D eigenvalue weighted by Gasteiger charge is -2.24. The van der Waals surface area contributed by atoms with Gasteiger partial charge in [-0.3, -0.25) is 9.10 Å². The third-order valence-electron chi connectivity index (χ3n) is 4.72. The summed E-state index contributed by atoms with van der Waals surface area (Å²) in [4.78, 5) is 12.1. The summed E-state index contributed by atoms with van der Waals surface area (Å²) in [6.45, 7) is 7.25. The van der Waals surface area contributed by atoms with Gasteiger partial charge in [0.25, 0.3) is 0 Å². The molecule has 154 valence electrons. The molecule has 0 fully saturated rings. The maximum Gasteiger partial charge on any atom is 0.232 e. The van der Waals surface area contributed by atoms with Gasteiger partial charge in [-0.2, -0.15) is 0 Å². The summed E-state index contributed by atoms with van der Waals surface area (Å²) in [6, 6.07) is 5.69. The Hall–Kier alpha value is -0.830.